The van der Waals surface area contributed by atoms with E-state index in [9.17, 15) is 8.78 Å². The van der Waals surface area contributed by atoms with Crippen molar-refractivity contribution in [2.75, 3.05) is 0 Å². The Kier molecular flexibility index (Phi) is 1.68. The highest BCUT2D eigenvalue weighted by Crippen LogP contribution is 2.21. The van der Waals surface area contributed by atoms with Gasteiger partial charge in [0, 0.05) is 6.20 Å². The monoisotopic (exact) mass is 220 g/mol. The molecule has 3 heterocycles. The normalized spacial score (nSPS) is 11.4. The van der Waals surface area contributed by atoms with Gasteiger partial charge in [-0.25, -0.2) is 4.98 Å². The Labute approximate surface area is 88.6 Å². The van der Waals surface area contributed by atoms with E-state index in [1.807, 2.05) is 13.0 Å². The Morgan fingerprint density at radius 2 is 1.94 bits per heavy atom. The molecule has 80 valence electrons. The molecule has 6 heteroatoms. The van der Waals surface area contributed by atoms with Gasteiger partial charge < -0.3 is 0 Å². The maximum atomic E-state index is 13.5. The van der Waals surface area contributed by atoms with Crippen molar-refractivity contribution in [2.24, 2.45) is 0 Å². The first-order valence-electron chi connectivity index (χ1n) is 4.63. The van der Waals surface area contributed by atoms with E-state index < -0.39 is 11.9 Å². The van der Waals surface area contributed by atoms with Crippen molar-refractivity contribution in [3.63, 3.8) is 0 Å². The summed E-state index contributed by atoms with van der Waals surface area (Å²) in [6.45, 7) is 1.82. The number of halogens is 2. The maximum absolute atomic E-state index is 13.5. The molecule has 0 unspecified atom stereocenters. The molecule has 0 saturated carbocycles. The van der Waals surface area contributed by atoms with Gasteiger partial charge >= 0.3 is 0 Å². The molecule has 0 saturated heterocycles. The Balaban J connectivity index is 2.66. The average molecular weight is 220 g/mol. The number of hydrogen-bond acceptors (Lipinski definition) is 3. The molecule has 0 radical (unpaired) electrons. The number of aryl methyl sites for hydroxylation is 1. The molecule has 0 aliphatic rings. The Bertz CT molecular complexity index is 705. The van der Waals surface area contributed by atoms with Gasteiger partial charge in [-0.3, -0.25) is 4.40 Å². The number of imidazole rings is 1. The van der Waals surface area contributed by atoms with Crippen LogP contribution in [0.5, 0.6) is 0 Å². The second-order valence-electron chi connectivity index (χ2n) is 3.48. The van der Waals surface area contributed by atoms with Crippen molar-refractivity contribution in [3.8, 4) is 0 Å². The van der Waals surface area contributed by atoms with E-state index in [4.69, 9.17) is 0 Å². The van der Waals surface area contributed by atoms with Crippen LogP contribution in [-0.4, -0.2) is 19.6 Å². The summed E-state index contributed by atoms with van der Waals surface area (Å²) in [5, 5.41) is 6.17. The summed E-state index contributed by atoms with van der Waals surface area (Å²) in [7, 11) is 0. The lowest BCUT2D eigenvalue weighted by atomic mass is 10.3. The molecule has 16 heavy (non-hydrogen) atoms. The van der Waals surface area contributed by atoms with Crippen LogP contribution in [0.2, 0.25) is 0 Å². The van der Waals surface area contributed by atoms with Crippen LogP contribution < -0.4 is 0 Å². The van der Waals surface area contributed by atoms with Gasteiger partial charge in [0.1, 0.15) is 11.2 Å². The third kappa shape index (κ3) is 1.04. The number of hydrogen-bond donors (Lipinski definition) is 0. The smallest absolute Gasteiger partial charge is 0.261 e. The first-order chi connectivity index (χ1) is 7.68. The fourth-order valence-corrected chi connectivity index (χ4v) is 1.73. The fourth-order valence-electron chi connectivity index (χ4n) is 1.73. The van der Waals surface area contributed by atoms with Crippen LogP contribution in [0.4, 0.5) is 8.78 Å². The van der Waals surface area contributed by atoms with Crippen molar-refractivity contribution >= 4 is 16.7 Å². The molecule has 4 nitrogen and oxygen atoms in total. The second kappa shape index (κ2) is 2.94. The molecule has 0 bridgehead atoms. The Morgan fingerprint density at radius 3 is 2.75 bits per heavy atom. The predicted molar refractivity (Wildman–Crippen MR) is 52.9 cm³/mol. The molecule has 0 spiro atoms. The molecule has 3 rings (SSSR count). The zero-order chi connectivity index (χ0) is 11.3. The van der Waals surface area contributed by atoms with Gasteiger partial charge in [-0.15, -0.1) is 10.2 Å². The first-order valence-corrected chi connectivity index (χ1v) is 4.63. The lowest BCUT2D eigenvalue weighted by molar-refractivity contribution is 0.522. The minimum Gasteiger partial charge on any atom is -0.295 e. The van der Waals surface area contributed by atoms with Gasteiger partial charge in [-0.2, -0.15) is 8.78 Å². The van der Waals surface area contributed by atoms with Crippen molar-refractivity contribution < 1.29 is 8.78 Å². The topological polar surface area (TPSA) is 43.1 Å². The second-order valence-corrected chi connectivity index (χ2v) is 3.48. The number of fused-ring (bicyclic) bond motifs is 3. The van der Waals surface area contributed by atoms with Crippen molar-refractivity contribution in [2.45, 2.75) is 6.92 Å². The maximum Gasteiger partial charge on any atom is 0.261 e. The third-order valence-electron chi connectivity index (χ3n) is 2.46. The zero-order valence-corrected chi connectivity index (χ0v) is 8.28. The van der Waals surface area contributed by atoms with Crippen LogP contribution in [0.1, 0.15) is 5.56 Å². The van der Waals surface area contributed by atoms with Crippen LogP contribution in [0, 0.1) is 18.8 Å². The summed E-state index contributed by atoms with van der Waals surface area (Å²) in [5.74, 6) is -1.69. The molecular weight excluding hydrogens is 214 g/mol. The van der Waals surface area contributed by atoms with Crippen molar-refractivity contribution in [1.82, 2.24) is 19.6 Å². The molecule has 0 amide bonds. The number of nitrogens with zero attached hydrogens (tertiary/aromatic N) is 4. The van der Waals surface area contributed by atoms with E-state index in [0.717, 1.165) is 5.56 Å². The minimum atomic E-state index is -0.862. The van der Waals surface area contributed by atoms with Crippen molar-refractivity contribution in [3.05, 3.63) is 35.8 Å². The summed E-state index contributed by atoms with van der Waals surface area (Å²) in [6.07, 6.45) is 1.61. The molecule has 0 atom stereocenters. The highest BCUT2D eigenvalue weighted by Gasteiger charge is 2.16. The van der Waals surface area contributed by atoms with Crippen LogP contribution >= 0.6 is 0 Å². The van der Waals surface area contributed by atoms with Crippen LogP contribution in [0.25, 0.3) is 16.7 Å². The number of pyridine rings is 1. The van der Waals surface area contributed by atoms with E-state index in [2.05, 4.69) is 15.2 Å². The van der Waals surface area contributed by atoms with Gasteiger partial charge in [0.05, 0.1) is 0 Å². The first kappa shape index (κ1) is 9.14. The quantitative estimate of drug-likeness (QED) is 0.580. The van der Waals surface area contributed by atoms with E-state index in [1.165, 1.54) is 4.40 Å². The Morgan fingerprint density at radius 1 is 1.19 bits per heavy atom. The highest BCUT2D eigenvalue weighted by molar-refractivity contribution is 5.80. The van der Waals surface area contributed by atoms with Crippen LogP contribution in [0.15, 0.2) is 18.3 Å². The van der Waals surface area contributed by atoms with E-state index in [0.29, 0.717) is 5.65 Å². The fraction of sp³-hybridized carbons (Fsp3) is 0.100. The molecular formula is C10H6F2N4. The molecule has 0 aliphatic heterocycles. The summed E-state index contributed by atoms with van der Waals surface area (Å²) in [5.41, 5.74) is 1.26. The van der Waals surface area contributed by atoms with Gasteiger partial charge in [0.25, 0.3) is 11.9 Å². The molecule has 0 aliphatic carbocycles. The van der Waals surface area contributed by atoms with Crippen LogP contribution in [0.3, 0.4) is 0 Å². The lowest BCUT2D eigenvalue weighted by Crippen LogP contribution is -1.96. The number of rotatable bonds is 0. The average Bonchev–Trinajstić information content (AvgIpc) is 2.66. The van der Waals surface area contributed by atoms with E-state index >= 15 is 0 Å². The molecule has 0 aromatic carbocycles. The highest BCUT2D eigenvalue weighted by atomic mass is 19.1. The van der Waals surface area contributed by atoms with Crippen LogP contribution in [-0.2, 0) is 0 Å². The summed E-state index contributed by atoms with van der Waals surface area (Å²) in [4.78, 5) is 4.02. The van der Waals surface area contributed by atoms with Gasteiger partial charge in [-0.1, -0.05) is 6.07 Å². The van der Waals surface area contributed by atoms with Gasteiger partial charge in [-0.05, 0) is 18.6 Å². The largest absolute Gasteiger partial charge is 0.295 e. The summed E-state index contributed by atoms with van der Waals surface area (Å²) < 4.78 is 28.3. The molecule has 3 aromatic heterocycles. The zero-order valence-electron chi connectivity index (χ0n) is 8.28. The van der Waals surface area contributed by atoms with Gasteiger partial charge in [0.2, 0.25) is 0 Å². The summed E-state index contributed by atoms with van der Waals surface area (Å²) >= 11 is 0. The standard InChI is InChI=1S/C10H6F2N4/c1-5-3-2-4-16-7-6(13-10(5)16)8(11)14-15-9(7)12/h2-4H,1H3. The Hall–Kier alpha value is -2.11. The third-order valence-corrected chi connectivity index (χ3v) is 2.46. The van der Waals surface area contributed by atoms with Crippen molar-refractivity contribution in [1.29, 1.82) is 0 Å². The SMILES string of the molecule is Cc1cccn2c1nc1c(F)nnc(F)c12. The molecule has 0 fully saturated rings. The molecule has 3 aromatic rings. The minimum absolute atomic E-state index is 0.0196. The molecule has 0 N–H and O–H groups in total. The van der Waals surface area contributed by atoms with E-state index in [-0.39, 0.29) is 11.0 Å². The lowest BCUT2D eigenvalue weighted by Gasteiger charge is -1.97. The predicted octanol–water partition coefficient (Wildman–Crippen LogP) is 1.86. The summed E-state index contributed by atoms with van der Waals surface area (Å²) in [6, 6.07) is 3.55. The van der Waals surface area contributed by atoms with Gasteiger partial charge in [0.15, 0.2) is 5.52 Å². The number of aromatic nitrogens is 4. The van der Waals surface area contributed by atoms with E-state index in [1.54, 1.807) is 12.3 Å².